The summed E-state index contributed by atoms with van der Waals surface area (Å²) in [4.78, 5) is 10.5. The monoisotopic (exact) mass is 252 g/mol. The molecule has 96 valence electrons. The van der Waals surface area contributed by atoms with Gasteiger partial charge in [0, 0.05) is 12.1 Å². The highest BCUT2D eigenvalue weighted by atomic mass is 16.5. The molecular formula is C11H12N2O5. The molecule has 7 heteroatoms. The molecule has 0 spiro atoms. The number of nitroso groups, excluding NO2 is 1. The highest BCUT2D eigenvalue weighted by Gasteiger charge is 2.10. The van der Waals surface area contributed by atoms with Crippen molar-refractivity contribution in [3.63, 3.8) is 0 Å². The van der Waals surface area contributed by atoms with Crippen LogP contribution in [-0.2, 0) is 4.74 Å². The average Bonchev–Trinajstić information content (AvgIpc) is 2.39. The molecule has 0 saturated heterocycles. The highest BCUT2D eigenvalue weighted by Crippen LogP contribution is 2.33. The first kappa shape index (κ1) is 13.9. The van der Waals surface area contributed by atoms with E-state index in [4.69, 9.17) is 19.8 Å². The lowest BCUT2D eigenvalue weighted by atomic mass is 10.2. The fourth-order valence-corrected chi connectivity index (χ4v) is 1.22. The zero-order valence-electron chi connectivity index (χ0n) is 9.50. The maximum atomic E-state index is 10.5. The van der Waals surface area contributed by atoms with Crippen molar-refractivity contribution in [2.45, 2.75) is 0 Å². The van der Waals surface area contributed by atoms with Crippen molar-refractivity contribution in [1.29, 1.82) is 5.26 Å². The van der Waals surface area contributed by atoms with Crippen LogP contribution in [0.3, 0.4) is 0 Å². The average molecular weight is 252 g/mol. The number of aliphatic hydroxyl groups is 1. The lowest BCUT2D eigenvalue weighted by Crippen LogP contribution is -2.09. The third kappa shape index (κ3) is 3.69. The number of hydrogen-bond donors (Lipinski definition) is 2. The van der Waals surface area contributed by atoms with E-state index in [0.29, 0.717) is 0 Å². The minimum Gasteiger partial charge on any atom is -0.504 e. The molecule has 0 aromatic heterocycles. The summed E-state index contributed by atoms with van der Waals surface area (Å²) in [6, 6.07) is 4.04. The zero-order chi connectivity index (χ0) is 13.4. The van der Waals surface area contributed by atoms with Crippen LogP contribution in [0.4, 0.5) is 5.69 Å². The van der Waals surface area contributed by atoms with Crippen molar-refractivity contribution >= 4 is 5.69 Å². The summed E-state index contributed by atoms with van der Waals surface area (Å²) in [5, 5.41) is 29.4. The van der Waals surface area contributed by atoms with Gasteiger partial charge in [0.1, 0.15) is 18.4 Å². The van der Waals surface area contributed by atoms with Crippen molar-refractivity contribution in [2.75, 3.05) is 26.4 Å². The van der Waals surface area contributed by atoms with Crippen LogP contribution >= 0.6 is 0 Å². The summed E-state index contributed by atoms with van der Waals surface area (Å²) in [6.45, 7) is 0.479. The molecule has 7 nitrogen and oxygen atoms in total. The molecule has 0 aliphatic heterocycles. The van der Waals surface area contributed by atoms with E-state index in [1.165, 1.54) is 6.07 Å². The van der Waals surface area contributed by atoms with Gasteiger partial charge in [-0.3, -0.25) is 0 Å². The van der Waals surface area contributed by atoms with E-state index < -0.39 is 0 Å². The minimum absolute atomic E-state index is 0.0219. The predicted octanol–water partition coefficient (Wildman–Crippen LogP) is 1.05. The number of phenols is 1. The van der Waals surface area contributed by atoms with Gasteiger partial charge in [0.15, 0.2) is 11.5 Å². The first-order chi connectivity index (χ1) is 8.72. The molecule has 1 aromatic carbocycles. The second-order valence-electron chi connectivity index (χ2n) is 3.22. The lowest BCUT2D eigenvalue weighted by molar-refractivity contribution is 0.0699. The van der Waals surface area contributed by atoms with Crippen LogP contribution in [-0.4, -0.2) is 36.6 Å². The van der Waals surface area contributed by atoms with Gasteiger partial charge >= 0.3 is 0 Å². The summed E-state index contributed by atoms with van der Waals surface area (Å²) < 4.78 is 10.1. The standard InChI is InChI=1S/C11H12N2O5/c12-7-8-5-10(15)11(6-9(8)13-16)18-4-3-17-2-1-14/h5-6,14-15H,1-4H2. The molecule has 0 radical (unpaired) electrons. The van der Waals surface area contributed by atoms with Crippen molar-refractivity contribution in [3.05, 3.63) is 22.6 Å². The van der Waals surface area contributed by atoms with Gasteiger partial charge < -0.3 is 19.7 Å². The SMILES string of the molecule is N#Cc1cc(O)c(OCCOCCO)cc1N=O. The summed E-state index contributed by atoms with van der Waals surface area (Å²) >= 11 is 0. The van der Waals surface area contributed by atoms with Gasteiger partial charge in [-0.2, -0.15) is 5.26 Å². The molecule has 0 aliphatic rings. The second kappa shape index (κ2) is 7.21. The molecule has 1 rings (SSSR count). The zero-order valence-corrected chi connectivity index (χ0v) is 9.50. The van der Waals surface area contributed by atoms with Crippen molar-refractivity contribution in [1.82, 2.24) is 0 Å². The summed E-state index contributed by atoms with van der Waals surface area (Å²) in [7, 11) is 0. The van der Waals surface area contributed by atoms with E-state index in [2.05, 4.69) is 5.18 Å². The molecule has 0 unspecified atom stereocenters. The topological polar surface area (TPSA) is 112 Å². The van der Waals surface area contributed by atoms with Gasteiger partial charge in [0.2, 0.25) is 0 Å². The second-order valence-corrected chi connectivity index (χ2v) is 3.22. The lowest BCUT2D eigenvalue weighted by Gasteiger charge is -2.09. The molecule has 18 heavy (non-hydrogen) atoms. The fraction of sp³-hybridized carbons (Fsp3) is 0.364. The van der Waals surface area contributed by atoms with Crippen LogP contribution in [0.25, 0.3) is 0 Å². The maximum Gasteiger partial charge on any atom is 0.163 e. The van der Waals surface area contributed by atoms with Gasteiger partial charge in [-0.05, 0) is 5.18 Å². The summed E-state index contributed by atoms with van der Waals surface area (Å²) in [6.07, 6.45) is 0. The smallest absolute Gasteiger partial charge is 0.163 e. The maximum absolute atomic E-state index is 10.5. The number of aliphatic hydroxyl groups excluding tert-OH is 1. The molecule has 0 heterocycles. The van der Waals surface area contributed by atoms with E-state index in [1.807, 2.05) is 0 Å². The molecule has 0 bridgehead atoms. The number of nitriles is 1. The van der Waals surface area contributed by atoms with Crippen LogP contribution in [0.1, 0.15) is 5.56 Å². The first-order valence-electron chi connectivity index (χ1n) is 5.14. The molecule has 0 amide bonds. The summed E-state index contributed by atoms with van der Waals surface area (Å²) in [5.74, 6) is -0.197. The third-order valence-electron chi connectivity index (χ3n) is 2.02. The normalized spacial score (nSPS) is 9.78. The Morgan fingerprint density at radius 3 is 2.72 bits per heavy atom. The van der Waals surface area contributed by atoms with Crippen molar-refractivity contribution in [3.8, 4) is 17.6 Å². The fourth-order valence-electron chi connectivity index (χ4n) is 1.22. The minimum atomic E-state index is -0.249. The first-order valence-corrected chi connectivity index (χ1v) is 5.14. The number of benzene rings is 1. The Morgan fingerprint density at radius 2 is 2.11 bits per heavy atom. The number of nitrogens with zero attached hydrogens (tertiary/aromatic N) is 2. The van der Waals surface area contributed by atoms with E-state index >= 15 is 0 Å². The van der Waals surface area contributed by atoms with Crippen molar-refractivity contribution < 1.29 is 19.7 Å². The van der Waals surface area contributed by atoms with Gasteiger partial charge in [-0.15, -0.1) is 4.91 Å². The quantitative estimate of drug-likeness (QED) is 0.554. The third-order valence-corrected chi connectivity index (χ3v) is 2.02. The Morgan fingerprint density at radius 1 is 1.33 bits per heavy atom. The molecule has 0 aliphatic carbocycles. The molecular weight excluding hydrogens is 240 g/mol. The predicted molar refractivity (Wildman–Crippen MR) is 61.7 cm³/mol. The molecule has 0 atom stereocenters. The number of rotatable bonds is 7. The number of phenolic OH excluding ortho intramolecular Hbond substituents is 1. The Bertz CT molecular complexity index is 455. The van der Waals surface area contributed by atoms with Gasteiger partial charge in [-0.1, -0.05) is 0 Å². The number of aromatic hydroxyl groups is 1. The van der Waals surface area contributed by atoms with Crippen LogP contribution in [0, 0.1) is 16.2 Å². The summed E-state index contributed by atoms with van der Waals surface area (Å²) in [5.41, 5.74) is -0.118. The number of hydrogen-bond acceptors (Lipinski definition) is 7. The number of ether oxygens (including phenoxy) is 2. The van der Waals surface area contributed by atoms with Gasteiger partial charge in [-0.25, -0.2) is 0 Å². The molecule has 2 N–H and O–H groups in total. The van der Waals surface area contributed by atoms with E-state index in [1.54, 1.807) is 6.07 Å². The van der Waals surface area contributed by atoms with Crippen molar-refractivity contribution in [2.24, 2.45) is 5.18 Å². The van der Waals surface area contributed by atoms with Crippen LogP contribution in [0.15, 0.2) is 17.3 Å². The van der Waals surface area contributed by atoms with Crippen LogP contribution in [0.5, 0.6) is 11.5 Å². The Hall–Kier alpha value is -2.17. The van der Waals surface area contributed by atoms with Crippen LogP contribution < -0.4 is 4.74 Å². The largest absolute Gasteiger partial charge is 0.504 e. The van der Waals surface area contributed by atoms with E-state index in [9.17, 15) is 10.0 Å². The molecule has 1 aromatic rings. The Labute approximate surface area is 103 Å². The Balaban J connectivity index is 2.66. The molecule has 0 fully saturated rings. The molecule has 0 saturated carbocycles. The van der Waals surface area contributed by atoms with Crippen LogP contribution in [0.2, 0.25) is 0 Å². The van der Waals surface area contributed by atoms with E-state index in [-0.39, 0.29) is 49.2 Å². The van der Waals surface area contributed by atoms with Gasteiger partial charge in [0.25, 0.3) is 0 Å². The Kier molecular flexibility index (Phi) is 5.57. The highest BCUT2D eigenvalue weighted by molar-refractivity contribution is 5.61. The van der Waals surface area contributed by atoms with Gasteiger partial charge in [0.05, 0.1) is 25.4 Å². The van der Waals surface area contributed by atoms with E-state index in [0.717, 1.165) is 6.07 Å².